The number of nitrogens with zero attached hydrogens (tertiary/aromatic N) is 1. The van der Waals surface area contributed by atoms with Crippen molar-refractivity contribution >= 4 is 30.1 Å². The molecule has 1 aromatic rings. The van der Waals surface area contributed by atoms with Crippen LogP contribution < -0.4 is 16.0 Å². The van der Waals surface area contributed by atoms with Crippen LogP contribution in [0.5, 0.6) is 0 Å². The van der Waals surface area contributed by atoms with Crippen LogP contribution >= 0.6 is 0 Å². The molecular formula is C20H27FN4O7. The monoisotopic (exact) mass is 454 g/mol. The molecule has 0 aliphatic carbocycles. The Morgan fingerprint density at radius 2 is 1.69 bits per heavy atom. The number of hydrogen-bond acceptors (Lipinski definition) is 6. The lowest BCUT2D eigenvalue weighted by Crippen LogP contribution is -2.46. The van der Waals surface area contributed by atoms with Crippen molar-refractivity contribution in [3.8, 4) is 0 Å². The number of aliphatic carboxylic acids is 2. The van der Waals surface area contributed by atoms with E-state index in [2.05, 4.69) is 21.1 Å². The van der Waals surface area contributed by atoms with E-state index >= 15 is 0 Å². The molecule has 0 aliphatic heterocycles. The molecule has 0 aliphatic rings. The molecule has 11 nitrogen and oxygen atoms in total. The highest BCUT2D eigenvalue weighted by atomic mass is 19.1. The molecule has 176 valence electrons. The Labute approximate surface area is 184 Å². The summed E-state index contributed by atoms with van der Waals surface area (Å²) in [5, 5.41) is 28.6. The third-order valence-corrected chi connectivity index (χ3v) is 4.05. The molecule has 5 N–H and O–H groups in total. The van der Waals surface area contributed by atoms with Crippen molar-refractivity contribution in [3.63, 3.8) is 0 Å². The Bertz CT molecular complexity index is 787. The number of oxime groups is 1. The quantitative estimate of drug-likeness (QED) is 0.150. The van der Waals surface area contributed by atoms with Crippen LogP contribution in [0.1, 0.15) is 37.7 Å². The second kappa shape index (κ2) is 15.2. The highest BCUT2D eigenvalue weighted by molar-refractivity contribution is 5.83. The van der Waals surface area contributed by atoms with Gasteiger partial charge in [-0.1, -0.05) is 17.3 Å². The van der Waals surface area contributed by atoms with Gasteiger partial charge in [-0.3, -0.25) is 9.59 Å². The van der Waals surface area contributed by atoms with Gasteiger partial charge in [-0.15, -0.1) is 0 Å². The molecule has 1 unspecified atom stereocenters. The third-order valence-electron chi connectivity index (χ3n) is 4.05. The summed E-state index contributed by atoms with van der Waals surface area (Å²) in [5.74, 6) is -3.15. The molecular weight excluding hydrogens is 427 g/mol. The highest BCUT2D eigenvalue weighted by Crippen LogP contribution is 2.00. The molecule has 0 radical (unpaired) electrons. The first kappa shape index (κ1) is 26.3. The van der Waals surface area contributed by atoms with Crippen molar-refractivity contribution in [2.24, 2.45) is 5.16 Å². The fraction of sp³-hybridized carbons (Fsp3) is 0.450. The number of carboxylic acid groups (broad SMARTS) is 2. The van der Waals surface area contributed by atoms with E-state index in [-0.39, 0.29) is 31.2 Å². The summed E-state index contributed by atoms with van der Waals surface area (Å²) in [5.41, 5.74) is 0.632. The number of carboxylic acids is 2. The van der Waals surface area contributed by atoms with Crippen LogP contribution in [-0.4, -0.2) is 66.0 Å². The Balaban J connectivity index is 2.05. The van der Waals surface area contributed by atoms with Gasteiger partial charge in [0.25, 0.3) is 5.91 Å². The summed E-state index contributed by atoms with van der Waals surface area (Å²) in [6.07, 6.45) is 2.75. The summed E-state index contributed by atoms with van der Waals surface area (Å²) in [4.78, 5) is 49.7. The Kier molecular flexibility index (Phi) is 12.5. The number of halogens is 1. The van der Waals surface area contributed by atoms with E-state index in [4.69, 9.17) is 15.1 Å². The Hall–Kier alpha value is -3.70. The lowest BCUT2D eigenvalue weighted by Gasteiger charge is -2.14. The second-order valence-electron chi connectivity index (χ2n) is 6.69. The molecule has 32 heavy (non-hydrogen) atoms. The molecule has 1 aromatic carbocycles. The number of urea groups is 1. The van der Waals surface area contributed by atoms with E-state index < -0.39 is 24.0 Å². The number of nitrogens with one attached hydrogen (secondary N) is 3. The zero-order valence-corrected chi connectivity index (χ0v) is 17.4. The number of benzene rings is 1. The molecule has 0 saturated heterocycles. The van der Waals surface area contributed by atoms with Crippen molar-refractivity contribution < 1.29 is 38.6 Å². The van der Waals surface area contributed by atoms with Crippen molar-refractivity contribution in [1.29, 1.82) is 0 Å². The number of carbonyl (C=O) groups is 4. The van der Waals surface area contributed by atoms with Crippen LogP contribution in [0, 0.1) is 5.82 Å². The average Bonchev–Trinajstić information content (AvgIpc) is 2.74. The lowest BCUT2D eigenvalue weighted by atomic mass is 10.1. The summed E-state index contributed by atoms with van der Waals surface area (Å²) in [7, 11) is 0. The normalized spacial score (nSPS) is 11.5. The topological polar surface area (TPSA) is 166 Å². The largest absolute Gasteiger partial charge is 0.481 e. The predicted molar refractivity (Wildman–Crippen MR) is 112 cm³/mol. The van der Waals surface area contributed by atoms with E-state index in [0.717, 1.165) is 0 Å². The van der Waals surface area contributed by atoms with Crippen molar-refractivity contribution in [2.45, 2.75) is 38.1 Å². The molecule has 0 fully saturated rings. The summed E-state index contributed by atoms with van der Waals surface area (Å²) < 4.78 is 12.8. The van der Waals surface area contributed by atoms with Gasteiger partial charge in [0.05, 0.1) is 6.21 Å². The maximum atomic E-state index is 12.8. The van der Waals surface area contributed by atoms with Gasteiger partial charge in [0.1, 0.15) is 11.9 Å². The van der Waals surface area contributed by atoms with Crippen LogP contribution in [0.4, 0.5) is 9.18 Å². The van der Waals surface area contributed by atoms with Gasteiger partial charge >= 0.3 is 18.0 Å². The first-order chi connectivity index (χ1) is 15.3. The number of unbranched alkanes of at least 4 members (excludes halogenated alkanes) is 2. The summed E-state index contributed by atoms with van der Waals surface area (Å²) in [6, 6.07) is 3.64. The smallest absolute Gasteiger partial charge is 0.326 e. The predicted octanol–water partition coefficient (Wildman–Crippen LogP) is 1.08. The van der Waals surface area contributed by atoms with E-state index in [1.54, 1.807) is 0 Å². The summed E-state index contributed by atoms with van der Waals surface area (Å²) >= 11 is 0. The Morgan fingerprint density at radius 3 is 2.31 bits per heavy atom. The molecule has 1 atom stereocenters. The SMILES string of the molecule is O=C(O)CCC(NC(=O)NCCCCCNC(=O)CO/N=C/c1ccc(F)cc1)C(=O)O. The van der Waals surface area contributed by atoms with E-state index in [1.807, 2.05) is 0 Å². The second-order valence-corrected chi connectivity index (χ2v) is 6.69. The van der Waals surface area contributed by atoms with Crippen LogP contribution in [0.25, 0.3) is 0 Å². The van der Waals surface area contributed by atoms with Gasteiger partial charge in [-0.2, -0.15) is 0 Å². The number of rotatable bonds is 15. The molecule has 0 aromatic heterocycles. The van der Waals surface area contributed by atoms with E-state index in [1.165, 1.54) is 30.5 Å². The van der Waals surface area contributed by atoms with Gasteiger partial charge < -0.3 is 31.0 Å². The minimum absolute atomic E-state index is 0.209. The first-order valence-corrected chi connectivity index (χ1v) is 9.94. The molecule has 0 saturated carbocycles. The molecule has 0 bridgehead atoms. The maximum Gasteiger partial charge on any atom is 0.326 e. The fourth-order valence-corrected chi connectivity index (χ4v) is 2.38. The maximum absolute atomic E-state index is 12.8. The van der Waals surface area contributed by atoms with E-state index in [9.17, 15) is 23.6 Å². The highest BCUT2D eigenvalue weighted by Gasteiger charge is 2.20. The van der Waals surface area contributed by atoms with Crippen molar-refractivity contribution in [1.82, 2.24) is 16.0 Å². The minimum atomic E-state index is -1.30. The van der Waals surface area contributed by atoms with Gasteiger partial charge in [-0.25, -0.2) is 14.0 Å². The molecule has 0 spiro atoms. The van der Waals surface area contributed by atoms with Crippen LogP contribution in [0.2, 0.25) is 0 Å². The minimum Gasteiger partial charge on any atom is -0.481 e. The van der Waals surface area contributed by atoms with Gasteiger partial charge in [-0.05, 0) is 43.4 Å². The zero-order chi connectivity index (χ0) is 23.8. The van der Waals surface area contributed by atoms with Gasteiger partial charge in [0.2, 0.25) is 0 Å². The van der Waals surface area contributed by atoms with Crippen molar-refractivity contribution in [3.05, 3.63) is 35.6 Å². The standard InChI is InChI=1S/C20H27FN4O7/c21-15-6-4-14(5-7-15)12-24-32-13-17(26)22-10-2-1-3-11-23-20(31)25-16(19(29)30)8-9-18(27)28/h4-7,12,16H,1-3,8-11,13H2,(H,22,26)(H,27,28)(H,29,30)(H2,23,25,31)/b24-12+. The zero-order valence-electron chi connectivity index (χ0n) is 17.4. The lowest BCUT2D eigenvalue weighted by molar-refractivity contribution is -0.140. The van der Waals surface area contributed by atoms with Gasteiger partial charge in [0.15, 0.2) is 6.61 Å². The average molecular weight is 454 g/mol. The van der Waals surface area contributed by atoms with Crippen LogP contribution in [-0.2, 0) is 19.2 Å². The summed E-state index contributed by atoms with van der Waals surface area (Å²) in [6.45, 7) is 0.449. The Morgan fingerprint density at radius 1 is 1.03 bits per heavy atom. The third kappa shape index (κ3) is 12.8. The first-order valence-electron chi connectivity index (χ1n) is 9.94. The number of amides is 3. The van der Waals surface area contributed by atoms with E-state index in [0.29, 0.717) is 37.9 Å². The molecule has 3 amide bonds. The van der Waals surface area contributed by atoms with Crippen LogP contribution in [0.3, 0.4) is 0 Å². The van der Waals surface area contributed by atoms with Gasteiger partial charge in [0, 0.05) is 19.5 Å². The molecule has 0 heterocycles. The molecule has 12 heteroatoms. The molecule has 1 rings (SSSR count). The van der Waals surface area contributed by atoms with Crippen LogP contribution in [0.15, 0.2) is 29.4 Å². The fourth-order valence-electron chi connectivity index (χ4n) is 2.38. The number of carbonyl (C=O) groups excluding carboxylic acids is 2. The van der Waals surface area contributed by atoms with Crippen molar-refractivity contribution in [2.75, 3.05) is 19.7 Å². The number of hydrogen-bond donors (Lipinski definition) is 5.